The van der Waals surface area contributed by atoms with E-state index in [9.17, 15) is 5.11 Å². The number of para-hydroxylation sites is 2. The summed E-state index contributed by atoms with van der Waals surface area (Å²) in [5.41, 5.74) is 9.25. The van der Waals surface area contributed by atoms with Gasteiger partial charge in [-0.2, -0.15) is 0 Å². The fourth-order valence-corrected chi connectivity index (χ4v) is 4.83. The molecule has 4 aromatic rings. The number of methoxy groups -OCH3 is 1. The number of nitrogens with zero attached hydrogens (tertiary/aromatic N) is 1. The van der Waals surface area contributed by atoms with E-state index in [-0.39, 0.29) is 31.3 Å². The molecule has 0 radical (unpaired) electrons. The second-order valence-electron chi connectivity index (χ2n) is 11.0. The first kappa shape index (κ1) is 30.6. The molecule has 0 aliphatic heterocycles. The Labute approximate surface area is 252 Å². The molecule has 0 aromatic heterocycles. The van der Waals surface area contributed by atoms with Crippen LogP contribution < -0.4 is 10.2 Å². The average Bonchev–Trinajstić information content (AvgIpc) is 2.89. The summed E-state index contributed by atoms with van der Waals surface area (Å²) >= 11 is 0. The number of nitrogens with one attached hydrogen (secondary N) is 1. The van der Waals surface area contributed by atoms with Crippen LogP contribution in [0.2, 0.25) is 0 Å². The van der Waals surface area contributed by atoms with Gasteiger partial charge < -0.3 is 20.1 Å². The van der Waals surface area contributed by atoms with E-state index in [0.717, 1.165) is 51.4 Å². The van der Waals surface area contributed by atoms with Gasteiger partial charge in [-0.15, -0.1) is 0 Å². The van der Waals surface area contributed by atoms with E-state index in [1.165, 1.54) is 5.56 Å². The maximum absolute atomic E-state index is 11.6. The average molecular weight is 687 g/mol. The van der Waals surface area contributed by atoms with Gasteiger partial charge in [-0.1, -0.05) is 80.9 Å². The molecule has 4 nitrogen and oxygen atoms in total. The van der Waals surface area contributed by atoms with Crippen molar-refractivity contribution in [1.82, 2.24) is 0 Å². The number of aryl methyl sites for hydroxylation is 2. The summed E-state index contributed by atoms with van der Waals surface area (Å²) in [4.78, 5) is 2.24. The van der Waals surface area contributed by atoms with Gasteiger partial charge >= 0.3 is 0 Å². The molecule has 0 aliphatic rings. The van der Waals surface area contributed by atoms with Gasteiger partial charge in [0.1, 0.15) is 5.75 Å². The van der Waals surface area contributed by atoms with E-state index >= 15 is 0 Å². The third kappa shape index (κ3) is 7.40. The second kappa shape index (κ2) is 13.5. The third-order valence-electron chi connectivity index (χ3n) is 6.81. The molecule has 0 spiro atoms. The van der Waals surface area contributed by atoms with Gasteiger partial charge in [-0.3, -0.25) is 0 Å². The number of benzene rings is 4. The number of phenolic OH excluding ortho intramolecular Hbond substituents is 1. The van der Waals surface area contributed by atoms with Crippen LogP contribution >= 0.6 is 0 Å². The normalized spacial score (nSPS) is 11.1. The maximum atomic E-state index is 11.6. The van der Waals surface area contributed by atoms with Gasteiger partial charge in [-0.05, 0) is 61.6 Å². The maximum Gasteiger partial charge on any atom is 0.142 e. The first-order valence-electron chi connectivity index (χ1n) is 13.3. The quantitative estimate of drug-likeness (QED) is 0.136. The van der Waals surface area contributed by atoms with Crippen molar-refractivity contribution < 1.29 is 35.7 Å². The Morgan fingerprint density at radius 3 is 2.10 bits per heavy atom. The summed E-state index contributed by atoms with van der Waals surface area (Å²) in [6.07, 6.45) is 0.826. The Morgan fingerprint density at radius 1 is 0.795 bits per heavy atom. The van der Waals surface area contributed by atoms with Crippen LogP contribution in [0.15, 0.2) is 84.9 Å². The minimum atomic E-state index is -0.187. The van der Waals surface area contributed by atoms with E-state index in [1.54, 1.807) is 7.11 Å². The van der Waals surface area contributed by atoms with Crippen LogP contribution in [0.1, 0.15) is 43.9 Å². The number of rotatable bonds is 9. The molecule has 39 heavy (non-hydrogen) atoms. The zero-order chi connectivity index (χ0) is 27.3. The SMILES string of the molecule is COCCCN(c1ccccc1-c1ccccc1Nc1ccc(C)cc1)c1cc(C)cc(C(C)(C)C)c1O.[Hf]. The number of anilines is 4. The van der Waals surface area contributed by atoms with Gasteiger partial charge in [0, 0.05) is 79.9 Å². The van der Waals surface area contributed by atoms with Crippen LogP contribution in [0.25, 0.3) is 11.1 Å². The zero-order valence-electron chi connectivity index (χ0n) is 24.0. The van der Waals surface area contributed by atoms with Crippen molar-refractivity contribution in [2.75, 3.05) is 30.5 Å². The number of hydrogen-bond donors (Lipinski definition) is 2. The van der Waals surface area contributed by atoms with Crippen LogP contribution in [0.3, 0.4) is 0 Å². The van der Waals surface area contributed by atoms with Gasteiger partial charge in [0.15, 0.2) is 0 Å². The molecule has 4 aromatic carbocycles. The summed E-state index contributed by atoms with van der Waals surface area (Å²) in [6.45, 7) is 12.0. The topological polar surface area (TPSA) is 44.7 Å². The Balaban J connectivity index is 0.00000420. The summed E-state index contributed by atoms with van der Waals surface area (Å²) in [6, 6.07) is 29.5. The molecular weight excluding hydrogens is 647 g/mol. The first-order valence-corrected chi connectivity index (χ1v) is 13.3. The summed E-state index contributed by atoms with van der Waals surface area (Å²) < 4.78 is 5.41. The number of ether oxygens (including phenoxy) is 1. The van der Waals surface area contributed by atoms with Crippen LogP contribution in [-0.2, 0) is 36.0 Å². The van der Waals surface area contributed by atoms with Crippen LogP contribution in [-0.4, -0.2) is 25.4 Å². The summed E-state index contributed by atoms with van der Waals surface area (Å²) in [5.74, 6) is 0.335. The van der Waals surface area contributed by atoms with Crippen molar-refractivity contribution in [3.05, 3.63) is 102 Å². The minimum absolute atomic E-state index is 0. The smallest absolute Gasteiger partial charge is 0.142 e. The first-order chi connectivity index (χ1) is 18.2. The van der Waals surface area contributed by atoms with Crippen molar-refractivity contribution in [3.63, 3.8) is 0 Å². The Hall–Kier alpha value is -2.89. The molecule has 4 rings (SSSR count). The molecule has 0 amide bonds. The van der Waals surface area contributed by atoms with E-state index in [4.69, 9.17) is 4.74 Å². The number of aromatic hydroxyl groups is 1. The van der Waals surface area contributed by atoms with E-state index in [1.807, 2.05) is 0 Å². The monoisotopic (exact) mass is 688 g/mol. The largest absolute Gasteiger partial charge is 0.505 e. The van der Waals surface area contributed by atoms with E-state index < -0.39 is 0 Å². The van der Waals surface area contributed by atoms with Crippen LogP contribution in [0.5, 0.6) is 5.75 Å². The predicted molar refractivity (Wildman–Crippen MR) is 161 cm³/mol. The molecule has 5 heteroatoms. The van der Waals surface area contributed by atoms with Gasteiger partial charge in [0.25, 0.3) is 0 Å². The van der Waals surface area contributed by atoms with Gasteiger partial charge in [0.05, 0.1) is 5.69 Å². The Bertz CT molecular complexity index is 1380. The summed E-state index contributed by atoms with van der Waals surface area (Å²) in [5, 5.41) is 15.2. The van der Waals surface area contributed by atoms with Crippen LogP contribution in [0.4, 0.5) is 22.7 Å². The molecule has 2 N–H and O–H groups in total. The van der Waals surface area contributed by atoms with Crippen molar-refractivity contribution in [2.45, 2.75) is 46.5 Å². The molecule has 202 valence electrons. The fourth-order valence-electron chi connectivity index (χ4n) is 4.83. The standard InChI is InChI=1S/C34H40N2O2.Hf/c1-24-16-18-26(19-17-24)35-30-14-9-7-12-27(30)28-13-8-10-15-31(28)36(20-11-21-38-6)32-23-25(2)22-29(33(32)37)34(3,4)5;/h7-10,12-19,22-23,35,37H,11,20-21H2,1-6H3;. The molecular formula is C34H40HfN2O2. The molecule has 0 saturated heterocycles. The molecule has 0 saturated carbocycles. The summed E-state index contributed by atoms with van der Waals surface area (Å²) in [7, 11) is 1.73. The van der Waals surface area contributed by atoms with Crippen molar-refractivity contribution in [3.8, 4) is 16.9 Å². The van der Waals surface area contributed by atoms with E-state index in [0.29, 0.717) is 18.9 Å². The van der Waals surface area contributed by atoms with E-state index in [2.05, 4.69) is 130 Å². The predicted octanol–water partition coefficient (Wildman–Crippen LogP) is 8.89. The third-order valence-corrected chi connectivity index (χ3v) is 6.81. The number of phenols is 1. The van der Waals surface area contributed by atoms with Crippen molar-refractivity contribution >= 4 is 22.7 Å². The Kier molecular flexibility index (Phi) is 10.6. The fraction of sp³-hybridized carbons (Fsp3) is 0.294. The molecule has 0 heterocycles. The second-order valence-corrected chi connectivity index (χ2v) is 11.0. The van der Waals surface area contributed by atoms with Gasteiger partial charge in [-0.25, -0.2) is 0 Å². The number of hydrogen-bond acceptors (Lipinski definition) is 4. The van der Waals surface area contributed by atoms with Crippen molar-refractivity contribution in [2.24, 2.45) is 0 Å². The van der Waals surface area contributed by atoms with Crippen LogP contribution in [0, 0.1) is 13.8 Å². The molecule has 0 atom stereocenters. The van der Waals surface area contributed by atoms with Gasteiger partial charge in [0.2, 0.25) is 0 Å². The molecule has 0 bridgehead atoms. The molecule has 0 aliphatic carbocycles. The minimum Gasteiger partial charge on any atom is -0.505 e. The van der Waals surface area contributed by atoms with Crippen molar-refractivity contribution in [1.29, 1.82) is 0 Å². The molecule has 0 unspecified atom stereocenters. The zero-order valence-corrected chi connectivity index (χ0v) is 27.6. The molecule has 0 fully saturated rings. The Morgan fingerprint density at radius 2 is 1.44 bits per heavy atom.